The topological polar surface area (TPSA) is 49.4 Å². The molecule has 0 radical (unpaired) electrons. The molecule has 0 aliphatic rings. The average molecular weight is 329 g/mol. The van der Waals surface area contributed by atoms with Gasteiger partial charge in [0.2, 0.25) is 0 Å². The predicted molar refractivity (Wildman–Crippen MR) is 94.0 cm³/mol. The lowest BCUT2D eigenvalue weighted by atomic mass is 10.1. The fourth-order valence-corrected chi connectivity index (χ4v) is 1.96. The van der Waals surface area contributed by atoms with Crippen LogP contribution in [-0.2, 0) is 0 Å². The van der Waals surface area contributed by atoms with Gasteiger partial charge in [0.15, 0.2) is 5.78 Å². The summed E-state index contributed by atoms with van der Waals surface area (Å²) in [6.07, 6.45) is 3.21. The summed E-state index contributed by atoms with van der Waals surface area (Å²) >= 11 is 5.80. The van der Waals surface area contributed by atoms with Crippen molar-refractivity contribution >= 4 is 35.2 Å². The van der Waals surface area contributed by atoms with Gasteiger partial charge < -0.3 is 10.2 Å². The van der Waals surface area contributed by atoms with Crippen LogP contribution in [-0.4, -0.2) is 30.8 Å². The summed E-state index contributed by atoms with van der Waals surface area (Å²) in [5.74, 6) is -0.107. The summed E-state index contributed by atoms with van der Waals surface area (Å²) in [5, 5.41) is 3.35. The third-order valence-corrected chi connectivity index (χ3v) is 3.35. The van der Waals surface area contributed by atoms with Gasteiger partial charge in [0.05, 0.1) is 0 Å². The van der Waals surface area contributed by atoms with Crippen LogP contribution < -0.4 is 5.32 Å². The van der Waals surface area contributed by atoms with Crippen LogP contribution in [0.25, 0.3) is 6.08 Å². The number of anilines is 1. The molecule has 2 aromatic rings. The number of rotatable bonds is 4. The van der Waals surface area contributed by atoms with E-state index < -0.39 is 0 Å². The molecule has 0 saturated heterocycles. The zero-order chi connectivity index (χ0) is 16.8. The van der Waals surface area contributed by atoms with Crippen molar-refractivity contribution in [2.45, 2.75) is 0 Å². The van der Waals surface area contributed by atoms with Crippen LogP contribution in [0.15, 0.2) is 54.6 Å². The average Bonchev–Trinajstić information content (AvgIpc) is 2.53. The Bertz CT molecular complexity index is 737. The molecular weight excluding hydrogens is 312 g/mol. The van der Waals surface area contributed by atoms with Gasteiger partial charge in [-0.2, -0.15) is 0 Å². The Morgan fingerprint density at radius 3 is 2.43 bits per heavy atom. The maximum absolute atomic E-state index is 12.1. The van der Waals surface area contributed by atoms with E-state index in [9.17, 15) is 9.59 Å². The zero-order valence-electron chi connectivity index (χ0n) is 12.9. The van der Waals surface area contributed by atoms with E-state index in [-0.39, 0.29) is 11.8 Å². The highest BCUT2D eigenvalue weighted by Gasteiger charge is 2.04. The monoisotopic (exact) mass is 328 g/mol. The van der Waals surface area contributed by atoms with Gasteiger partial charge in [-0.25, -0.2) is 4.79 Å². The van der Waals surface area contributed by atoms with E-state index in [1.165, 1.54) is 11.0 Å². The van der Waals surface area contributed by atoms with Crippen molar-refractivity contribution in [1.82, 2.24) is 4.90 Å². The SMILES string of the molecule is CN(C)C(=O)Nc1cccc(C=CC(=O)c2ccc(Cl)cc2)c1. The number of halogens is 1. The third-order valence-electron chi connectivity index (χ3n) is 3.10. The van der Waals surface area contributed by atoms with Gasteiger partial charge in [0.25, 0.3) is 0 Å². The summed E-state index contributed by atoms with van der Waals surface area (Å²) in [7, 11) is 3.34. The third kappa shape index (κ3) is 4.97. The van der Waals surface area contributed by atoms with Crippen LogP contribution in [0, 0.1) is 0 Å². The molecule has 0 unspecified atom stereocenters. The lowest BCUT2D eigenvalue weighted by molar-refractivity contribution is 0.104. The van der Waals surface area contributed by atoms with Crippen molar-refractivity contribution in [2.24, 2.45) is 0 Å². The summed E-state index contributed by atoms with van der Waals surface area (Å²) in [6, 6.07) is 13.8. The standard InChI is InChI=1S/C18H17ClN2O2/c1-21(2)18(23)20-16-5-3-4-13(12-16)6-11-17(22)14-7-9-15(19)10-8-14/h3-12H,1-2H3,(H,20,23). The molecular formula is C18H17ClN2O2. The molecule has 23 heavy (non-hydrogen) atoms. The van der Waals surface area contributed by atoms with Crippen LogP contribution in [0.1, 0.15) is 15.9 Å². The quantitative estimate of drug-likeness (QED) is 0.671. The fraction of sp³-hybridized carbons (Fsp3) is 0.111. The number of hydrogen-bond donors (Lipinski definition) is 1. The van der Waals surface area contributed by atoms with E-state index in [2.05, 4.69) is 5.32 Å². The second kappa shape index (κ2) is 7.61. The van der Waals surface area contributed by atoms with E-state index in [1.807, 2.05) is 12.1 Å². The van der Waals surface area contributed by atoms with Crippen LogP contribution in [0.4, 0.5) is 10.5 Å². The molecule has 0 saturated carbocycles. The van der Waals surface area contributed by atoms with Crippen LogP contribution in [0.5, 0.6) is 0 Å². The number of urea groups is 1. The van der Waals surface area contributed by atoms with E-state index in [0.29, 0.717) is 16.3 Å². The van der Waals surface area contributed by atoms with Crippen molar-refractivity contribution in [1.29, 1.82) is 0 Å². The molecule has 0 aliphatic carbocycles. The van der Waals surface area contributed by atoms with E-state index in [0.717, 1.165) is 5.56 Å². The Morgan fingerprint density at radius 1 is 1.09 bits per heavy atom. The second-order valence-corrected chi connectivity index (χ2v) is 5.59. The van der Waals surface area contributed by atoms with Crippen molar-refractivity contribution in [2.75, 3.05) is 19.4 Å². The van der Waals surface area contributed by atoms with Gasteiger partial charge in [-0.05, 0) is 48.0 Å². The van der Waals surface area contributed by atoms with Crippen molar-refractivity contribution in [3.8, 4) is 0 Å². The predicted octanol–water partition coefficient (Wildman–Crippen LogP) is 4.33. The number of nitrogens with one attached hydrogen (secondary N) is 1. The highest BCUT2D eigenvalue weighted by Crippen LogP contribution is 2.14. The summed E-state index contributed by atoms with van der Waals surface area (Å²) in [4.78, 5) is 25.2. The van der Waals surface area contributed by atoms with Crippen molar-refractivity contribution < 1.29 is 9.59 Å². The number of carbonyl (C=O) groups is 2. The first-order valence-electron chi connectivity index (χ1n) is 7.02. The van der Waals surface area contributed by atoms with Gasteiger partial charge in [-0.1, -0.05) is 29.8 Å². The highest BCUT2D eigenvalue weighted by molar-refractivity contribution is 6.30. The first-order valence-corrected chi connectivity index (χ1v) is 7.40. The largest absolute Gasteiger partial charge is 0.331 e. The summed E-state index contributed by atoms with van der Waals surface area (Å²) in [5.41, 5.74) is 2.07. The maximum Gasteiger partial charge on any atom is 0.321 e. The smallest absolute Gasteiger partial charge is 0.321 e. The fourth-order valence-electron chi connectivity index (χ4n) is 1.84. The molecule has 2 rings (SSSR count). The minimum atomic E-state index is -0.205. The van der Waals surface area contributed by atoms with Crippen molar-refractivity contribution in [3.05, 3.63) is 70.8 Å². The minimum absolute atomic E-state index is 0.107. The van der Waals surface area contributed by atoms with Crippen LogP contribution in [0.3, 0.4) is 0 Å². The Hall–Kier alpha value is -2.59. The lowest BCUT2D eigenvalue weighted by Crippen LogP contribution is -2.27. The van der Waals surface area contributed by atoms with E-state index in [1.54, 1.807) is 56.6 Å². The van der Waals surface area contributed by atoms with Gasteiger partial charge in [-0.15, -0.1) is 0 Å². The van der Waals surface area contributed by atoms with Crippen molar-refractivity contribution in [3.63, 3.8) is 0 Å². The number of hydrogen-bond acceptors (Lipinski definition) is 2. The molecule has 0 heterocycles. The molecule has 4 nitrogen and oxygen atoms in total. The molecule has 0 bridgehead atoms. The zero-order valence-corrected chi connectivity index (χ0v) is 13.7. The molecule has 0 spiro atoms. The number of ketones is 1. The Morgan fingerprint density at radius 2 is 1.78 bits per heavy atom. The molecule has 0 aliphatic heterocycles. The molecule has 118 valence electrons. The number of carbonyl (C=O) groups excluding carboxylic acids is 2. The second-order valence-electron chi connectivity index (χ2n) is 5.15. The molecule has 0 fully saturated rings. The molecule has 2 amide bonds. The first-order chi connectivity index (χ1) is 11.0. The molecule has 1 N–H and O–H groups in total. The molecule has 5 heteroatoms. The maximum atomic E-state index is 12.1. The van der Waals surface area contributed by atoms with E-state index in [4.69, 9.17) is 11.6 Å². The Labute approximate surface area is 140 Å². The number of nitrogens with zero attached hydrogens (tertiary/aromatic N) is 1. The van der Waals surface area contributed by atoms with Crippen LogP contribution >= 0.6 is 11.6 Å². The Kier molecular flexibility index (Phi) is 5.55. The molecule has 2 aromatic carbocycles. The van der Waals surface area contributed by atoms with Gasteiger partial charge in [0, 0.05) is 30.4 Å². The number of allylic oxidation sites excluding steroid dienone is 1. The van der Waals surface area contributed by atoms with Gasteiger partial charge in [-0.3, -0.25) is 4.79 Å². The number of benzene rings is 2. The normalized spacial score (nSPS) is 10.6. The molecule has 0 aromatic heterocycles. The highest BCUT2D eigenvalue weighted by atomic mass is 35.5. The lowest BCUT2D eigenvalue weighted by Gasteiger charge is -2.12. The van der Waals surface area contributed by atoms with Gasteiger partial charge in [0.1, 0.15) is 0 Å². The van der Waals surface area contributed by atoms with E-state index >= 15 is 0 Å². The molecule has 0 atom stereocenters. The van der Waals surface area contributed by atoms with Gasteiger partial charge >= 0.3 is 6.03 Å². The first kappa shape index (κ1) is 16.8. The van der Waals surface area contributed by atoms with Crippen LogP contribution in [0.2, 0.25) is 5.02 Å². The number of amides is 2. The summed E-state index contributed by atoms with van der Waals surface area (Å²) < 4.78 is 0. The minimum Gasteiger partial charge on any atom is -0.331 e. The Balaban J connectivity index is 2.09. The summed E-state index contributed by atoms with van der Waals surface area (Å²) in [6.45, 7) is 0.